The van der Waals surface area contributed by atoms with Gasteiger partial charge < -0.3 is 0 Å². The zero-order valence-corrected chi connectivity index (χ0v) is 6.83. The van der Waals surface area contributed by atoms with Crippen LogP contribution in [-0.4, -0.2) is 12.3 Å². The van der Waals surface area contributed by atoms with Crippen LogP contribution in [0.15, 0.2) is 0 Å². The molecule has 0 amide bonds. The predicted molar refractivity (Wildman–Crippen MR) is 43.8 cm³/mol. The number of nitrogens with one attached hydrogen (secondary N) is 1. The summed E-state index contributed by atoms with van der Waals surface area (Å²) in [5.41, 5.74) is 0. The molecule has 0 aromatic heterocycles. The molecular weight excluding hydrogens is 118 g/mol. The zero-order valence-electron chi connectivity index (χ0n) is 5.83. The van der Waals surface area contributed by atoms with E-state index in [2.05, 4.69) is 18.6 Å². The lowest BCUT2D eigenvalue weighted by atomic mass is 10.4. The lowest BCUT2D eigenvalue weighted by Crippen LogP contribution is -2.01. The summed E-state index contributed by atoms with van der Waals surface area (Å²) in [6, 6.07) is 0. The van der Waals surface area contributed by atoms with Gasteiger partial charge in [0.25, 0.3) is 0 Å². The molecule has 0 unspecified atom stereocenters. The van der Waals surface area contributed by atoms with Gasteiger partial charge in [-0.15, -0.1) is 0 Å². The third-order valence-electron chi connectivity index (χ3n) is 0.957. The standard InChI is InChI=1S/C6H17NS/c1-3-5-6-8-7-4-2/h7H,3-6,8H2,1-2H3. The minimum Gasteiger partial charge on any atom is -0.286 e. The zero-order chi connectivity index (χ0) is 6.24. The topological polar surface area (TPSA) is 12.0 Å². The summed E-state index contributed by atoms with van der Waals surface area (Å²) in [6.07, 6.45) is 2.71. The maximum Gasteiger partial charge on any atom is 0.00103 e. The van der Waals surface area contributed by atoms with Gasteiger partial charge in [0.2, 0.25) is 0 Å². The molecule has 0 aliphatic carbocycles. The van der Waals surface area contributed by atoms with E-state index in [1.54, 1.807) is 0 Å². The number of unbranched alkanes of at least 4 members (excludes halogenated alkanes) is 1. The highest BCUT2D eigenvalue weighted by atomic mass is 32.2. The van der Waals surface area contributed by atoms with E-state index in [9.17, 15) is 0 Å². The first-order valence-electron chi connectivity index (χ1n) is 3.37. The molecule has 0 heterocycles. The molecule has 0 aliphatic rings. The van der Waals surface area contributed by atoms with Gasteiger partial charge in [-0.2, -0.15) is 0 Å². The van der Waals surface area contributed by atoms with Crippen molar-refractivity contribution in [1.29, 1.82) is 0 Å². The van der Waals surface area contributed by atoms with Crippen LogP contribution >= 0.6 is 11.9 Å². The fourth-order valence-electron chi connectivity index (χ4n) is 0.479. The lowest BCUT2D eigenvalue weighted by Gasteiger charge is -2.00. The SMILES string of the molecule is CCCC[SH2]NCC. The Morgan fingerprint density at radius 2 is 2.12 bits per heavy atom. The highest BCUT2D eigenvalue weighted by Gasteiger charge is 1.78. The van der Waals surface area contributed by atoms with Gasteiger partial charge in [-0.1, -0.05) is 20.3 Å². The van der Waals surface area contributed by atoms with Gasteiger partial charge >= 0.3 is 0 Å². The van der Waals surface area contributed by atoms with Gasteiger partial charge in [0.1, 0.15) is 0 Å². The van der Waals surface area contributed by atoms with E-state index in [1.807, 2.05) is 0 Å². The average molecular weight is 135 g/mol. The number of hydrogen-bond donors (Lipinski definition) is 1. The molecule has 0 radical (unpaired) electrons. The molecule has 0 saturated heterocycles. The summed E-state index contributed by atoms with van der Waals surface area (Å²) in [6.45, 7) is 5.51. The van der Waals surface area contributed by atoms with Crippen molar-refractivity contribution in [1.82, 2.24) is 4.72 Å². The monoisotopic (exact) mass is 135 g/mol. The third-order valence-corrected chi connectivity index (χ3v) is 2.16. The summed E-state index contributed by atoms with van der Waals surface area (Å²) in [4.78, 5) is 0. The summed E-state index contributed by atoms with van der Waals surface area (Å²) in [5, 5.41) is 0. The number of rotatable bonds is 5. The van der Waals surface area contributed by atoms with E-state index in [1.165, 1.54) is 18.6 Å². The van der Waals surface area contributed by atoms with Gasteiger partial charge in [0.15, 0.2) is 0 Å². The van der Waals surface area contributed by atoms with Gasteiger partial charge in [0.05, 0.1) is 0 Å². The van der Waals surface area contributed by atoms with Crippen molar-refractivity contribution >= 4 is 11.9 Å². The minimum absolute atomic E-state index is 0.989. The smallest absolute Gasteiger partial charge is 0.00103 e. The largest absolute Gasteiger partial charge is 0.286 e. The van der Waals surface area contributed by atoms with E-state index in [4.69, 9.17) is 0 Å². The fraction of sp³-hybridized carbons (Fsp3) is 1.00. The lowest BCUT2D eigenvalue weighted by molar-refractivity contribution is 0.890. The van der Waals surface area contributed by atoms with Crippen molar-refractivity contribution < 1.29 is 0 Å². The molecule has 0 fully saturated rings. The quantitative estimate of drug-likeness (QED) is 0.563. The Hall–Kier alpha value is 0.310. The molecule has 8 heavy (non-hydrogen) atoms. The summed E-state index contributed by atoms with van der Waals surface area (Å²) >= 11 is 0.989. The molecular formula is C6H17NS. The normalized spacial score (nSPS) is 12.2. The Kier molecular flexibility index (Phi) is 7.59. The van der Waals surface area contributed by atoms with Crippen molar-refractivity contribution in [2.45, 2.75) is 26.7 Å². The van der Waals surface area contributed by atoms with Crippen LogP contribution in [0.4, 0.5) is 0 Å². The van der Waals surface area contributed by atoms with Crippen molar-refractivity contribution in [2.75, 3.05) is 12.3 Å². The van der Waals surface area contributed by atoms with E-state index < -0.39 is 0 Å². The van der Waals surface area contributed by atoms with E-state index in [0.29, 0.717) is 0 Å². The van der Waals surface area contributed by atoms with E-state index >= 15 is 0 Å². The van der Waals surface area contributed by atoms with Crippen molar-refractivity contribution in [3.05, 3.63) is 0 Å². The Balaban J connectivity index is 2.53. The average Bonchev–Trinajstić information content (AvgIpc) is 1.81. The van der Waals surface area contributed by atoms with Crippen LogP contribution in [0, 0.1) is 0 Å². The van der Waals surface area contributed by atoms with Crippen molar-refractivity contribution in [3.8, 4) is 0 Å². The molecule has 52 valence electrons. The first kappa shape index (κ1) is 8.31. The van der Waals surface area contributed by atoms with Crippen LogP contribution in [0.5, 0.6) is 0 Å². The Bertz CT molecular complexity index is 33.5. The molecule has 0 spiro atoms. The van der Waals surface area contributed by atoms with Crippen LogP contribution in [0.2, 0.25) is 0 Å². The van der Waals surface area contributed by atoms with Crippen LogP contribution in [0.3, 0.4) is 0 Å². The van der Waals surface area contributed by atoms with E-state index in [0.717, 1.165) is 18.5 Å². The van der Waals surface area contributed by atoms with Gasteiger partial charge in [-0.3, -0.25) is 4.72 Å². The first-order chi connectivity index (χ1) is 3.91. The molecule has 2 heteroatoms. The Labute approximate surface area is 56.4 Å². The molecule has 1 N–H and O–H groups in total. The summed E-state index contributed by atoms with van der Waals surface area (Å²) < 4.78 is 3.31. The molecule has 0 aromatic rings. The summed E-state index contributed by atoms with van der Waals surface area (Å²) in [7, 11) is 0. The third kappa shape index (κ3) is 6.31. The first-order valence-corrected chi connectivity index (χ1v) is 4.58. The second-order valence-corrected chi connectivity index (χ2v) is 3.02. The molecule has 0 rings (SSSR count). The fourth-order valence-corrected chi connectivity index (χ4v) is 1.44. The maximum absolute atomic E-state index is 3.31. The van der Waals surface area contributed by atoms with E-state index in [-0.39, 0.29) is 0 Å². The number of hydrogen-bond acceptors (Lipinski definition) is 1. The van der Waals surface area contributed by atoms with Crippen LogP contribution in [-0.2, 0) is 0 Å². The summed E-state index contributed by atoms with van der Waals surface area (Å²) in [5.74, 6) is 1.37. The Morgan fingerprint density at radius 3 is 2.62 bits per heavy atom. The highest BCUT2D eigenvalue weighted by Crippen LogP contribution is 1.97. The van der Waals surface area contributed by atoms with Crippen LogP contribution in [0.1, 0.15) is 26.7 Å². The Morgan fingerprint density at radius 1 is 1.38 bits per heavy atom. The maximum atomic E-state index is 3.31. The minimum atomic E-state index is 0.989. The molecule has 0 aromatic carbocycles. The molecule has 0 aliphatic heterocycles. The highest BCUT2D eigenvalue weighted by molar-refractivity contribution is 7.97. The van der Waals surface area contributed by atoms with Crippen molar-refractivity contribution in [3.63, 3.8) is 0 Å². The molecule has 1 nitrogen and oxygen atoms in total. The van der Waals surface area contributed by atoms with Gasteiger partial charge in [-0.05, 0) is 12.2 Å². The van der Waals surface area contributed by atoms with Gasteiger partial charge in [-0.25, -0.2) is 11.9 Å². The van der Waals surface area contributed by atoms with Crippen molar-refractivity contribution in [2.24, 2.45) is 0 Å². The predicted octanol–water partition coefficient (Wildman–Crippen LogP) is 1.51. The second kappa shape index (κ2) is 7.31. The molecule has 0 bridgehead atoms. The van der Waals surface area contributed by atoms with Crippen LogP contribution < -0.4 is 4.72 Å². The van der Waals surface area contributed by atoms with Crippen LogP contribution in [0.25, 0.3) is 0 Å². The molecule has 0 saturated carbocycles. The molecule has 0 atom stereocenters. The second-order valence-electron chi connectivity index (χ2n) is 1.81. The van der Waals surface area contributed by atoms with Gasteiger partial charge in [0, 0.05) is 6.54 Å².